The average molecular weight is 383 g/mol. The van der Waals surface area contributed by atoms with Gasteiger partial charge in [-0.15, -0.1) is 0 Å². The Balaban J connectivity index is 1.58. The second-order valence-corrected chi connectivity index (χ2v) is 8.92. The highest BCUT2D eigenvalue weighted by atomic mass is 15.0. The number of allylic oxidation sites excluding steroid dienone is 10. The quantitative estimate of drug-likeness (QED) is 0.595. The molecule has 2 heterocycles. The molecule has 1 aromatic carbocycles. The van der Waals surface area contributed by atoms with E-state index in [0.29, 0.717) is 0 Å². The molecular weight excluding hydrogens is 352 g/mol. The van der Waals surface area contributed by atoms with Crippen molar-refractivity contribution >= 4 is 11.4 Å². The number of nitrogens with zero attached hydrogens (tertiary/aromatic N) is 1. The molecule has 1 aromatic rings. The number of fused-ring (bicyclic) bond motifs is 1. The Hall–Kier alpha value is -2.87. The van der Waals surface area contributed by atoms with Gasteiger partial charge in [-0.2, -0.15) is 0 Å². The van der Waals surface area contributed by atoms with Crippen LogP contribution >= 0.6 is 0 Å². The van der Waals surface area contributed by atoms with E-state index in [1.807, 2.05) is 0 Å². The Labute approximate surface area is 174 Å². The summed E-state index contributed by atoms with van der Waals surface area (Å²) >= 11 is 0. The topological polar surface area (TPSA) is 24.4 Å². The van der Waals surface area contributed by atoms with Gasteiger partial charge in [0.05, 0.1) is 11.4 Å². The van der Waals surface area contributed by atoms with Crippen LogP contribution in [0, 0.1) is 5.41 Å². The number of aliphatic imine (C=N–C) groups is 1. The summed E-state index contributed by atoms with van der Waals surface area (Å²) in [6.45, 7) is 9.10. The van der Waals surface area contributed by atoms with Gasteiger partial charge < -0.3 is 5.32 Å². The van der Waals surface area contributed by atoms with Crippen molar-refractivity contribution in [3.63, 3.8) is 0 Å². The normalized spacial score (nSPS) is 26.6. The van der Waals surface area contributed by atoms with Crippen LogP contribution in [-0.4, -0.2) is 5.71 Å². The SMILES string of the molecule is CC1(C)C2=C(/C=C\C/C=C\C=C/C2)N/C1=C/C=C/C1=Nc2ccccc2C1(C)C. The molecule has 0 unspecified atom stereocenters. The standard InChI is InChI=1S/C27H30N2/c1-26(2)20-14-9-7-5-6-8-10-16-22(20)28-24(26)18-13-19-25-27(3,4)21-15-11-12-17-23(21)29-25/h5-7,9-13,15-19,28H,8,14H2,1-4H3/b6-5-,9-7-,16-10-,19-13+,24-18+. The zero-order chi connectivity index (χ0) is 20.5. The van der Waals surface area contributed by atoms with Crippen molar-refractivity contribution in [2.45, 2.75) is 46.0 Å². The average Bonchev–Trinajstić information content (AvgIpc) is 3.09. The number of nitrogens with one attached hydrogen (secondary N) is 1. The van der Waals surface area contributed by atoms with E-state index in [9.17, 15) is 0 Å². The smallest absolute Gasteiger partial charge is 0.0674 e. The Morgan fingerprint density at radius 2 is 1.76 bits per heavy atom. The summed E-state index contributed by atoms with van der Waals surface area (Å²) in [6.07, 6.45) is 21.6. The Bertz CT molecular complexity index is 1020. The van der Waals surface area contributed by atoms with Crippen LogP contribution in [0.5, 0.6) is 0 Å². The molecule has 2 heteroatoms. The molecule has 1 aliphatic carbocycles. The van der Waals surface area contributed by atoms with E-state index in [1.54, 1.807) is 0 Å². The molecule has 0 spiro atoms. The third-order valence-corrected chi connectivity index (χ3v) is 6.26. The van der Waals surface area contributed by atoms with E-state index >= 15 is 0 Å². The number of benzene rings is 1. The van der Waals surface area contributed by atoms with Crippen LogP contribution in [0.1, 0.15) is 46.1 Å². The van der Waals surface area contributed by atoms with Gasteiger partial charge in [-0.25, -0.2) is 0 Å². The summed E-state index contributed by atoms with van der Waals surface area (Å²) < 4.78 is 0. The fourth-order valence-electron chi connectivity index (χ4n) is 4.31. The summed E-state index contributed by atoms with van der Waals surface area (Å²) in [6, 6.07) is 8.44. The van der Waals surface area contributed by atoms with Crippen LogP contribution in [0.3, 0.4) is 0 Å². The lowest BCUT2D eigenvalue weighted by atomic mass is 9.80. The maximum atomic E-state index is 4.87. The van der Waals surface area contributed by atoms with Gasteiger partial charge in [-0.05, 0) is 48.3 Å². The fraction of sp³-hybridized carbons (Fsp3) is 0.296. The molecule has 4 rings (SSSR count). The molecule has 0 radical (unpaired) electrons. The maximum Gasteiger partial charge on any atom is 0.0674 e. The van der Waals surface area contributed by atoms with Crippen molar-refractivity contribution in [1.82, 2.24) is 5.32 Å². The van der Waals surface area contributed by atoms with Crippen LogP contribution in [-0.2, 0) is 5.41 Å². The van der Waals surface area contributed by atoms with Crippen LogP contribution in [0.15, 0.2) is 101 Å². The van der Waals surface area contributed by atoms with E-state index in [-0.39, 0.29) is 10.8 Å². The van der Waals surface area contributed by atoms with Crippen molar-refractivity contribution in [2.24, 2.45) is 10.4 Å². The molecule has 3 aliphatic rings. The zero-order valence-corrected chi connectivity index (χ0v) is 17.9. The maximum absolute atomic E-state index is 4.87. The lowest BCUT2D eigenvalue weighted by Gasteiger charge is -2.23. The molecule has 0 aromatic heterocycles. The first kappa shape index (κ1) is 19.4. The van der Waals surface area contributed by atoms with Crippen LogP contribution in [0.25, 0.3) is 0 Å². The first-order chi connectivity index (χ1) is 13.9. The third kappa shape index (κ3) is 3.60. The van der Waals surface area contributed by atoms with Crippen molar-refractivity contribution in [1.29, 1.82) is 0 Å². The van der Waals surface area contributed by atoms with Crippen molar-refractivity contribution in [2.75, 3.05) is 0 Å². The van der Waals surface area contributed by atoms with Crippen molar-refractivity contribution in [3.05, 3.63) is 101 Å². The molecule has 29 heavy (non-hydrogen) atoms. The van der Waals surface area contributed by atoms with Crippen LogP contribution in [0.4, 0.5) is 5.69 Å². The van der Waals surface area contributed by atoms with Crippen molar-refractivity contribution < 1.29 is 0 Å². The molecule has 0 saturated carbocycles. The van der Waals surface area contributed by atoms with E-state index in [1.165, 1.54) is 22.5 Å². The van der Waals surface area contributed by atoms with Crippen molar-refractivity contribution in [3.8, 4) is 0 Å². The minimum Gasteiger partial charge on any atom is -0.358 e. The lowest BCUT2D eigenvalue weighted by molar-refractivity contribution is 0.535. The highest BCUT2D eigenvalue weighted by Crippen LogP contribution is 2.43. The highest BCUT2D eigenvalue weighted by Gasteiger charge is 2.35. The Kier molecular flexibility index (Phi) is 5.04. The zero-order valence-electron chi connectivity index (χ0n) is 17.9. The molecule has 0 saturated heterocycles. The number of para-hydroxylation sites is 1. The van der Waals surface area contributed by atoms with Gasteiger partial charge in [0.25, 0.3) is 0 Å². The summed E-state index contributed by atoms with van der Waals surface area (Å²) in [5.74, 6) is 0. The highest BCUT2D eigenvalue weighted by molar-refractivity contribution is 6.08. The molecule has 1 N–H and O–H groups in total. The molecule has 0 atom stereocenters. The van der Waals surface area contributed by atoms with E-state index < -0.39 is 0 Å². The molecule has 2 aliphatic heterocycles. The molecular formula is C27H30N2. The third-order valence-electron chi connectivity index (χ3n) is 6.26. The Morgan fingerprint density at radius 3 is 2.59 bits per heavy atom. The van der Waals surface area contributed by atoms with Crippen LogP contribution in [0.2, 0.25) is 0 Å². The summed E-state index contributed by atoms with van der Waals surface area (Å²) in [5, 5.41) is 3.67. The number of rotatable bonds is 2. The number of hydrogen-bond acceptors (Lipinski definition) is 2. The lowest BCUT2D eigenvalue weighted by Crippen LogP contribution is -2.23. The van der Waals surface area contributed by atoms with Crippen LogP contribution < -0.4 is 5.32 Å². The number of hydrogen-bond donors (Lipinski definition) is 1. The van der Waals surface area contributed by atoms with E-state index in [0.717, 1.165) is 24.2 Å². The summed E-state index contributed by atoms with van der Waals surface area (Å²) in [7, 11) is 0. The van der Waals surface area contributed by atoms with Gasteiger partial charge in [0.2, 0.25) is 0 Å². The molecule has 0 fully saturated rings. The van der Waals surface area contributed by atoms with Gasteiger partial charge in [0, 0.05) is 22.2 Å². The van der Waals surface area contributed by atoms with E-state index in [4.69, 9.17) is 4.99 Å². The van der Waals surface area contributed by atoms with Gasteiger partial charge in [0.15, 0.2) is 0 Å². The fourth-order valence-corrected chi connectivity index (χ4v) is 4.31. The molecule has 0 bridgehead atoms. The monoisotopic (exact) mass is 382 g/mol. The predicted molar refractivity (Wildman–Crippen MR) is 124 cm³/mol. The summed E-state index contributed by atoms with van der Waals surface area (Å²) in [5.41, 5.74) is 7.33. The second kappa shape index (κ2) is 7.51. The van der Waals surface area contributed by atoms with Gasteiger partial charge >= 0.3 is 0 Å². The minimum atomic E-state index is -0.0609. The van der Waals surface area contributed by atoms with Gasteiger partial charge in [-0.3, -0.25) is 4.99 Å². The molecule has 0 amide bonds. The first-order valence-electron chi connectivity index (χ1n) is 10.5. The first-order valence-corrected chi connectivity index (χ1v) is 10.5. The second-order valence-electron chi connectivity index (χ2n) is 8.92. The largest absolute Gasteiger partial charge is 0.358 e. The van der Waals surface area contributed by atoms with Gasteiger partial charge in [-0.1, -0.05) is 82.4 Å². The predicted octanol–water partition coefficient (Wildman–Crippen LogP) is 6.84. The van der Waals surface area contributed by atoms with Gasteiger partial charge in [0.1, 0.15) is 0 Å². The summed E-state index contributed by atoms with van der Waals surface area (Å²) in [4.78, 5) is 4.87. The molecule has 2 nitrogen and oxygen atoms in total. The Morgan fingerprint density at radius 1 is 0.966 bits per heavy atom. The molecule has 148 valence electrons. The minimum absolute atomic E-state index is 0.0206. The van der Waals surface area contributed by atoms with E-state index in [2.05, 4.69) is 112 Å².